The van der Waals surface area contributed by atoms with Crippen LogP contribution in [-0.4, -0.2) is 0 Å². The van der Waals surface area contributed by atoms with E-state index in [1.165, 1.54) is 36.8 Å². The smallest absolute Gasteiger partial charge is 0.0243 e. The SMILES string of the molecule is C1#CC(Cc2ccccc2)CCCCC1Cc1ccccc1. The van der Waals surface area contributed by atoms with Crippen LogP contribution in [0.5, 0.6) is 0 Å². The van der Waals surface area contributed by atoms with E-state index in [4.69, 9.17) is 0 Å². The van der Waals surface area contributed by atoms with Gasteiger partial charge in [0.05, 0.1) is 0 Å². The van der Waals surface area contributed by atoms with Gasteiger partial charge in [-0.25, -0.2) is 0 Å². The van der Waals surface area contributed by atoms with Gasteiger partial charge in [-0.05, 0) is 36.8 Å². The summed E-state index contributed by atoms with van der Waals surface area (Å²) in [5.41, 5.74) is 2.84. The predicted octanol–water partition coefficient (Wildman–Crippen LogP) is 5.28. The van der Waals surface area contributed by atoms with Crippen molar-refractivity contribution in [2.75, 3.05) is 0 Å². The molecule has 22 heavy (non-hydrogen) atoms. The molecule has 0 aromatic heterocycles. The van der Waals surface area contributed by atoms with E-state index in [2.05, 4.69) is 72.5 Å². The molecule has 0 radical (unpaired) electrons. The molecule has 0 N–H and O–H groups in total. The molecule has 0 saturated heterocycles. The quantitative estimate of drug-likeness (QED) is 0.671. The molecule has 0 amide bonds. The summed E-state index contributed by atoms with van der Waals surface area (Å²) in [6.45, 7) is 0. The highest BCUT2D eigenvalue weighted by atomic mass is 14.2. The van der Waals surface area contributed by atoms with E-state index < -0.39 is 0 Å². The van der Waals surface area contributed by atoms with Crippen LogP contribution in [0.25, 0.3) is 0 Å². The zero-order valence-corrected chi connectivity index (χ0v) is 13.2. The molecule has 2 unspecified atom stereocenters. The van der Waals surface area contributed by atoms with E-state index in [0.29, 0.717) is 11.8 Å². The Bertz CT molecular complexity index is 560. The first-order chi connectivity index (χ1) is 10.9. The van der Waals surface area contributed by atoms with Gasteiger partial charge in [-0.3, -0.25) is 0 Å². The fourth-order valence-corrected chi connectivity index (χ4v) is 3.26. The first kappa shape index (κ1) is 14.9. The average molecular weight is 288 g/mol. The monoisotopic (exact) mass is 288 g/mol. The van der Waals surface area contributed by atoms with Gasteiger partial charge in [0.15, 0.2) is 0 Å². The lowest BCUT2D eigenvalue weighted by Gasteiger charge is -2.17. The second-order valence-electron chi connectivity index (χ2n) is 6.35. The summed E-state index contributed by atoms with van der Waals surface area (Å²) in [6.07, 6.45) is 7.34. The minimum atomic E-state index is 0.529. The molecule has 112 valence electrons. The molecule has 0 aliphatic heterocycles. The molecule has 2 aromatic rings. The fourth-order valence-electron chi connectivity index (χ4n) is 3.26. The van der Waals surface area contributed by atoms with Crippen LogP contribution in [-0.2, 0) is 12.8 Å². The van der Waals surface area contributed by atoms with Gasteiger partial charge >= 0.3 is 0 Å². The van der Waals surface area contributed by atoms with Crippen LogP contribution in [0.4, 0.5) is 0 Å². The van der Waals surface area contributed by atoms with Crippen LogP contribution >= 0.6 is 0 Å². The number of hydrogen-bond donors (Lipinski definition) is 0. The fraction of sp³-hybridized carbons (Fsp3) is 0.364. The molecular formula is C22H24. The Balaban J connectivity index is 1.66. The molecule has 0 spiro atoms. The molecule has 2 aromatic carbocycles. The van der Waals surface area contributed by atoms with Crippen LogP contribution in [0.1, 0.15) is 36.8 Å². The van der Waals surface area contributed by atoms with Gasteiger partial charge in [-0.1, -0.05) is 85.3 Å². The van der Waals surface area contributed by atoms with Gasteiger partial charge in [-0.15, -0.1) is 0 Å². The molecule has 0 heterocycles. The Morgan fingerprint density at radius 2 is 1.05 bits per heavy atom. The maximum absolute atomic E-state index is 3.59. The van der Waals surface area contributed by atoms with Gasteiger partial charge in [0.25, 0.3) is 0 Å². The van der Waals surface area contributed by atoms with Gasteiger partial charge in [0.1, 0.15) is 0 Å². The van der Waals surface area contributed by atoms with Crippen molar-refractivity contribution < 1.29 is 0 Å². The molecule has 1 aliphatic rings. The first-order valence-electron chi connectivity index (χ1n) is 8.49. The number of hydrogen-bond acceptors (Lipinski definition) is 0. The second-order valence-corrected chi connectivity index (χ2v) is 6.35. The lowest BCUT2D eigenvalue weighted by atomic mass is 9.87. The van der Waals surface area contributed by atoms with Crippen LogP contribution in [0.15, 0.2) is 60.7 Å². The van der Waals surface area contributed by atoms with E-state index in [1.807, 2.05) is 0 Å². The van der Waals surface area contributed by atoms with Gasteiger partial charge in [0, 0.05) is 11.8 Å². The third kappa shape index (κ3) is 4.50. The highest BCUT2D eigenvalue weighted by molar-refractivity contribution is 5.21. The van der Waals surface area contributed by atoms with E-state index in [1.54, 1.807) is 0 Å². The highest BCUT2D eigenvalue weighted by Gasteiger charge is 2.13. The highest BCUT2D eigenvalue weighted by Crippen LogP contribution is 2.22. The average Bonchev–Trinajstić information content (AvgIpc) is 2.55. The van der Waals surface area contributed by atoms with Gasteiger partial charge in [-0.2, -0.15) is 0 Å². The largest absolute Gasteiger partial charge is 0.0993 e. The van der Waals surface area contributed by atoms with Crippen molar-refractivity contribution in [2.24, 2.45) is 11.8 Å². The van der Waals surface area contributed by atoms with Crippen molar-refractivity contribution >= 4 is 0 Å². The maximum Gasteiger partial charge on any atom is 0.0243 e. The van der Waals surface area contributed by atoms with Gasteiger partial charge in [0.2, 0.25) is 0 Å². The zero-order valence-electron chi connectivity index (χ0n) is 13.2. The maximum atomic E-state index is 3.59. The van der Waals surface area contributed by atoms with Crippen LogP contribution in [0.2, 0.25) is 0 Å². The molecule has 0 fully saturated rings. The summed E-state index contributed by atoms with van der Waals surface area (Å²) < 4.78 is 0. The Morgan fingerprint density at radius 3 is 1.45 bits per heavy atom. The minimum absolute atomic E-state index is 0.529. The summed E-state index contributed by atoms with van der Waals surface area (Å²) in [5.74, 6) is 8.24. The summed E-state index contributed by atoms with van der Waals surface area (Å²) in [7, 11) is 0. The minimum Gasteiger partial charge on any atom is -0.0993 e. The molecular weight excluding hydrogens is 264 g/mol. The Labute approximate surface area is 134 Å². The Morgan fingerprint density at radius 1 is 0.636 bits per heavy atom. The third-order valence-corrected chi connectivity index (χ3v) is 4.50. The molecule has 1 aliphatic carbocycles. The summed E-state index contributed by atoms with van der Waals surface area (Å²) in [4.78, 5) is 0. The van der Waals surface area contributed by atoms with Crippen LogP contribution < -0.4 is 0 Å². The van der Waals surface area contributed by atoms with Crippen LogP contribution in [0, 0.1) is 23.7 Å². The lowest BCUT2D eigenvalue weighted by molar-refractivity contribution is 0.488. The van der Waals surface area contributed by atoms with Crippen molar-refractivity contribution in [3.05, 3.63) is 71.8 Å². The zero-order chi connectivity index (χ0) is 15.0. The van der Waals surface area contributed by atoms with Crippen LogP contribution in [0.3, 0.4) is 0 Å². The third-order valence-electron chi connectivity index (χ3n) is 4.50. The Hall–Kier alpha value is -2.00. The first-order valence-corrected chi connectivity index (χ1v) is 8.49. The van der Waals surface area contributed by atoms with Crippen molar-refractivity contribution in [1.82, 2.24) is 0 Å². The van der Waals surface area contributed by atoms with E-state index >= 15 is 0 Å². The summed E-state index contributed by atoms with van der Waals surface area (Å²) in [5, 5.41) is 0. The van der Waals surface area contributed by atoms with Gasteiger partial charge < -0.3 is 0 Å². The van der Waals surface area contributed by atoms with Crippen molar-refractivity contribution in [1.29, 1.82) is 0 Å². The van der Waals surface area contributed by atoms with E-state index in [-0.39, 0.29) is 0 Å². The standard InChI is InChI=1S/C22H24/c1-3-9-19(10-4-1)17-21-13-7-8-14-22(16-15-21)18-20-11-5-2-6-12-20/h1-6,9-12,21-22H,7-8,13-14,17-18H2. The molecule has 3 rings (SSSR count). The molecule has 0 saturated carbocycles. The van der Waals surface area contributed by atoms with E-state index in [0.717, 1.165) is 12.8 Å². The molecule has 0 heteroatoms. The summed E-state index contributed by atoms with van der Waals surface area (Å²) >= 11 is 0. The molecule has 0 bridgehead atoms. The van der Waals surface area contributed by atoms with Crippen molar-refractivity contribution in [3.8, 4) is 11.8 Å². The number of benzene rings is 2. The van der Waals surface area contributed by atoms with Crippen molar-refractivity contribution in [2.45, 2.75) is 38.5 Å². The lowest BCUT2D eigenvalue weighted by Crippen LogP contribution is -2.09. The van der Waals surface area contributed by atoms with E-state index in [9.17, 15) is 0 Å². The summed E-state index contributed by atoms with van der Waals surface area (Å²) in [6, 6.07) is 21.6. The second kappa shape index (κ2) is 7.85. The Kier molecular flexibility index (Phi) is 5.32. The predicted molar refractivity (Wildman–Crippen MR) is 93.5 cm³/mol. The topological polar surface area (TPSA) is 0 Å². The number of rotatable bonds is 4. The van der Waals surface area contributed by atoms with Crippen molar-refractivity contribution in [3.63, 3.8) is 0 Å². The normalized spacial score (nSPS) is 21.3. The molecule has 2 atom stereocenters. The molecule has 0 nitrogen and oxygen atoms in total.